The van der Waals surface area contributed by atoms with Crippen LogP contribution in [-0.4, -0.2) is 19.3 Å². The Kier molecular flexibility index (Phi) is 11.2. The Bertz CT molecular complexity index is 2340. The van der Waals surface area contributed by atoms with Crippen molar-refractivity contribution in [1.29, 1.82) is 0 Å². The van der Waals surface area contributed by atoms with Crippen molar-refractivity contribution >= 4 is 21.8 Å². The maximum Gasteiger partial charge on any atom is 2.00 e. The number of aryl methyl sites for hydroxylation is 5. The van der Waals surface area contributed by atoms with Crippen LogP contribution in [0.15, 0.2) is 85.1 Å². The first-order valence-corrected chi connectivity index (χ1v) is 18.4. The van der Waals surface area contributed by atoms with Gasteiger partial charge in [0.25, 0.3) is 0 Å². The van der Waals surface area contributed by atoms with E-state index in [1.54, 1.807) is 0 Å². The zero-order valence-corrected chi connectivity index (χ0v) is 33.1. The largest absolute Gasteiger partial charge is 2.00 e. The predicted octanol–water partition coefficient (Wildman–Crippen LogP) is 11.8. The Labute approximate surface area is 322 Å². The molecule has 3 aromatic heterocycles. The summed E-state index contributed by atoms with van der Waals surface area (Å²) >= 11 is 0. The first-order chi connectivity index (χ1) is 24.6. The first-order valence-electron chi connectivity index (χ1n) is 18.4. The second-order valence-electron chi connectivity index (χ2n) is 15.0. The van der Waals surface area contributed by atoms with Crippen molar-refractivity contribution in [3.63, 3.8) is 0 Å². The van der Waals surface area contributed by atoms with E-state index in [0.29, 0.717) is 23.3 Å². The molecule has 0 N–H and O–H groups in total. The standard InChI is InChI=1S/C46H48N4O.Pd/c1-29(2)16-20-40-46(45-33(7)24-32(6)25-34(45)8)42(21-17-30(3)4)50(48-40)35-12-11-13-36(27-35)51-37-18-19-39-38-14-9-10-15-41(38)49(43(39)28-37)44-26-31(5)22-23-47-44;/h9-15,18-19,22-26,29-30H,16-17,20-21H2,1-8H3;/q-2;+2. The van der Waals surface area contributed by atoms with Gasteiger partial charge in [-0.2, -0.15) is 17.2 Å². The van der Waals surface area contributed by atoms with Gasteiger partial charge in [0.2, 0.25) is 0 Å². The van der Waals surface area contributed by atoms with Crippen molar-refractivity contribution in [3.8, 4) is 34.1 Å². The van der Waals surface area contributed by atoms with Gasteiger partial charge in [-0.15, -0.1) is 35.7 Å². The van der Waals surface area contributed by atoms with Crippen LogP contribution in [0.1, 0.15) is 74.2 Å². The summed E-state index contributed by atoms with van der Waals surface area (Å²) in [5.41, 5.74) is 12.9. The molecule has 0 atom stereocenters. The van der Waals surface area contributed by atoms with Gasteiger partial charge < -0.3 is 9.30 Å². The predicted molar refractivity (Wildman–Crippen MR) is 211 cm³/mol. The molecule has 4 aromatic carbocycles. The number of hydrogen-bond donors (Lipinski definition) is 0. The van der Waals surface area contributed by atoms with Gasteiger partial charge in [0.15, 0.2) is 0 Å². The number of hydrogen-bond acceptors (Lipinski definition) is 3. The van der Waals surface area contributed by atoms with Gasteiger partial charge in [0.05, 0.1) is 5.69 Å². The SMILES string of the molecule is Cc1ccnc(-n2c3[c-]c(Oc4[c-]c(-n5nc(CCC(C)C)c(-c6c(C)cc(C)cc6C)c5CCC(C)C)ccc4)ccc3c3ccccc32)c1.[Pd+2]. The van der Waals surface area contributed by atoms with Crippen LogP contribution >= 0.6 is 0 Å². The van der Waals surface area contributed by atoms with E-state index in [2.05, 4.69) is 131 Å². The molecule has 6 heteroatoms. The summed E-state index contributed by atoms with van der Waals surface area (Å²) in [6.07, 6.45) is 5.86. The van der Waals surface area contributed by atoms with E-state index in [-0.39, 0.29) is 20.4 Å². The number of pyridine rings is 1. The molecular formula is C46H48N4OPd. The zero-order valence-electron chi connectivity index (χ0n) is 31.6. The summed E-state index contributed by atoms with van der Waals surface area (Å²) in [6.45, 7) is 17.9. The molecule has 268 valence electrons. The van der Waals surface area contributed by atoms with E-state index in [1.165, 1.54) is 33.5 Å². The summed E-state index contributed by atoms with van der Waals surface area (Å²) in [4.78, 5) is 4.73. The third-order valence-corrected chi connectivity index (χ3v) is 9.79. The number of rotatable bonds is 11. The Morgan fingerprint density at radius 1 is 0.692 bits per heavy atom. The number of para-hydroxylation sites is 1. The van der Waals surface area contributed by atoms with Gasteiger partial charge >= 0.3 is 20.4 Å². The fraction of sp³-hybridized carbons (Fsp3) is 0.304. The summed E-state index contributed by atoms with van der Waals surface area (Å²) in [5.74, 6) is 3.25. The van der Waals surface area contributed by atoms with E-state index in [0.717, 1.165) is 70.3 Å². The molecule has 0 amide bonds. The number of aromatic nitrogens is 4. The molecule has 0 aliphatic carbocycles. The molecule has 5 nitrogen and oxygen atoms in total. The zero-order chi connectivity index (χ0) is 35.8. The molecule has 0 saturated heterocycles. The molecule has 0 spiro atoms. The first kappa shape index (κ1) is 37.3. The van der Waals surface area contributed by atoms with E-state index in [4.69, 9.17) is 14.8 Å². The van der Waals surface area contributed by atoms with Crippen LogP contribution in [0.25, 0.3) is 44.4 Å². The molecule has 0 fully saturated rings. The number of ether oxygens (including phenoxy) is 1. The van der Waals surface area contributed by atoms with E-state index >= 15 is 0 Å². The molecule has 52 heavy (non-hydrogen) atoms. The third-order valence-electron chi connectivity index (χ3n) is 9.79. The minimum Gasteiger partial charge on any atom is -0.509 e. The van der Waals surface area contributed by atoms with Crippen molar-refractivity contribution < 1.29 is 25.2 Å². The van der Waals surface area contributed by atoms with E-state index in [1.807, 2.05) is 30.5 Å². The summed E-state index contributed by atoms with van der Waals surface area (Å²) < 4.78 is 10.9. The molecule has 7 aromatic rings. The minimum atomic E-state index is 0. The normalized spacial score (nSPS) is 11.6. The maximum absolute atomic E-state index is 6.56. The Morgan fingerprint density at radius 2 is 1.40 bits per heavy atom. The summed E-state index contributed by atoms with van der Waals surface area (Å²) in [7, 11) is 0. The molecular weight excluding hydrogens is 731 g/mol. The number of nitrogens with zero attached hydrogens (tertiary/aromatic N) is 4. The van der Waals surface area contributed by atoms with Crippen LogP contribution in [0.2, 0.25) is 0 Å². The molecule has 7 rings (SSSR count). The van der Waals surface area contributed by atoms with Gasteiger partial charge in [-0.3, -0.25) is 4.68 Å². The van der Waals surface area contributed by atoms with Crippen molar-refractivity contribution in [2.45, 2.75) is 81.1 Å². The summed E-state index contributed by atoms with van der Waals surface area (Å²) in [6, 6.07) is 34.6. The average molecular weight is 779 g/mol. The van der Waals surface area contributed by atoms with Crippen LogP contribution in [0.4, 0.5) is 0 Å². The summed E-state index contributed by atoms with van der Waals surface area (Å²) in [5, 5.41) is 7.65. The number of fused-ring (bicyclic) bond motifs is 3. The Balaban J connectivity index is 0.00000464. The third kappa shape index (κ3) is 7.52. The van der Waals surface area contributed by atoms with Crippen molar-refractivity contribution in [1.82, 2.24) is 19.3 Å². The Hall–Kier alpha value is -4.50. The van der Waals surface area contributed by atoms with Gasteiger partial charge in [-0.1, -0.05) is 69.1 Å². The molecule has 3 heterocycles. The molecule has 0 saturated carbocycles. The van der Waals surface area contributed by atoms with Gasteiger partial charge in [-0.25, -0.2) is 4.98 Å². The maximum atomic E-state index is 6.56. The quantitative estimate of drug-likeness (QED) is 0.0970. The Morgan fingerprint density at radius 3 is 2.13 bits per heavy atom. The fourth-order valence-electron chi connectivity index (χ4n) is 7.37. The molecule has 0 radical (unpaired) electrons. The topological polar surface area (TPSA) is 44.9 Å². The monoisotopic (exact) mass is 778 g/mol. The molecule has 0 bridgehead atoms. The van der Waals surface area contributed by atoms with Crippen LogP contribution in [0.3, 0.4) is 0 Å². The van der Waals surface area contributed by atoms with Gasteiger partial charge in [0, 0.05) is 34.5 Å². The van der Waals surface area contributed by atoms with Crippen molar-refractivity contribution in [2.24, 2.45) is 11.8 Å². The van der Waals surface area contributed by atoms with E-state index < -0.39 is 0 Å². The van der Waals surface area contributed by atoms with Gasteiger partial charge in [0.1, 0.15) is 5.82 Å². The van der Waals surface area contributed by atoms with E-state index in [9.17, 15) is 0 Å². The van der Waals surface area contributed by atoms with Crippen LogP contribution in [0, 0.1) is 51.7 Å². The van der Waals surface area contributed by atoms with Crippen LogP contribution < -0.4 is 4.74 Å². The average Bonchev–Trinajstić information content (AvgIpc) is 3.61. The van der Waals surface area contributed by atoms with Crippen LogP contribution in [0.5, 0.6) is 11.5 Å². The second kappa shape index (κ2) is 15.6. The molecule has 0 aliphatic rings. The van der Waals surface area contributed by atoms with Gasteiger partial charge in [-0.05, 0) is 117 Å². The van der Waals surface area contributed by atoms with Crippen LogP contribution in [-0.2, 0) is 33.3 Å². The van der Waals surface area contributed by atoms with Crippen molar-refractivity contribution in [2.75, 3.05) is 0 Å². The second-order valence-corrected chi connectivity index (χ2v) is 15.0. The smallest absolute Gasteiger partial charge is 0.509 e. The minimum absolute atomic E-state index is 0. The fourth-order valence-corrected chi connectivity index (χ4v) is 7.37. The number of benzene rings is 4. The molecule has 0 unspecified atom stereocenters. The molecule has 0 aliphatic heterocycles. The van der Waals surface area contributed by atoms with Crippen molar-refractivity contribution in [3.05, 3.63) is 131 Å².